The van der Waals surface area contributed by atoms with Gasteiger partial charge in [-0.2, -0.15) is 13.2 Å². The Morgan fingerprint density at radius 3 is 2.84 bits per heavy atom. The van der Waals surface area contributed by atoms with Crippen LogP contribution in [-0.4, -0.2) is 23.9 Å². The molecule has 0 saturated heterocycles. The van der Waals surface area contributed by atoms with Gasteiger partial charge in [-0.25, -0.2) is 4.79 Å². The molecule has 1 aliphatic rings. The fourth-order valence-electron chi connectivity index (χ4n) is 2.24. The summed E-state index contributed by atoms with van der Waals surface area (Å²) in [6.07, 6.45) is -5.55. The predicted molar refractivity (Wildman–Crippen MR) is 57.5 cm³/mol. The molecule has 0 spiro atoms. The van der Waals surface area contributed by atoms with Crippen molar-refractivity contribution in [2.24, 2.45) is 5.92 Å². The summed E-state index contributed by atoms with van der Waals surface area (Å²) in [4.78, 5) is 11.6. The summed E-state index contributed by atoms with van der Waals surface area (Å²) < 4.78 is 47.7. The summed E-state index contributed by atoms with van der Waals surface area (Å²) in [5, 5.41) is 9.81. The number of carbonyl (C=O) groups is 1. The van der Waals surface area contributed by atoms with Crippen molar-refractivity contribution in [3.05, 3.63) is 23.2 Å². The van der Waals surface area contributed by atoms with Crippen LogP contribution < -0.4 is 0 Å². The van der Waals surface area contributed by atoms with Crippen molar-refractivity contribution >= 4 is 5.97 Å². The number of fused-ring (bicyclic) bond motifs is 1. The first-order chi connectivity index (χ1) is 8.84. The summed E-state index contributed by atoms with van der Waals surface area (Å²) in [6.45, 7) is 1.75. The van der Waals surface area contributed by atoms with Crippen molar-refractivity contribution in [1.29, 1.82) is 0 Å². The minimum Gasteiger partial charge on any atom is -0.468 e. The van der Waals surface area contributed by atoms with Gasteiger partial charge >= 0.3 is 12.1 Å². The van der Waals surface area contributed by atoms with Crippen LogP contribution >= 0.6 is 0 Å². The third-order valence-corrected chi connectivity index (χ3v) is 3.14. The van der Waals surface area contributed by atoms with Gasteiger partial charge in [0.2, 0.25) is 0 Å². The van der Waals surface area contributed by atoms with E-state index in [9.17, 15) is 23.1 Å². The molecular formula is C12H13F3O4. The van der Waals surface area contributed by atoms with Crippen LogP contribution in [0.4, 0.5) is 13.2 Å². The Kier molecular flexibility index (Phi) is 3.58. The highest BCUT2D eigenvalue weighted by atomic mass is 19.4. The first-order valence-corrected chi connectivity index (χ1v) is 5.86. The number of hydrogen-bond donors (Lipinski definition) is 1. The van der Waals surface area contributed by atoms with Gasteiger partial charge in [-0.1, -0.05) is 0 Å². The molecule has 1 aromatic rings. The molecule has 106 valence electrons. The molecule has 0 aromatic carbocycles. The molecule has 1 N–H and O–H groups in total. The third-order valence-electron chi connectivity index (χ3n) is 3.14. The normalized spacial score (nSPS) is 23.0. The lowest BCUT2D eigenvalue weighted by atomic mass is 9.84. The van der Waals surface area contributed by atoms with E-state index in [4.69, 9.17) is 9.15 Å². The fraction of sp³-hybridized carbons (Fsp3) is 0.583. The first kappa shape index (κ1) is 13.9. The number of aliphatic hydroxyl groups is 1. The molecule has 0 bridgehead atoms. The lowest BCUT2D eigenvalue weighted by molar-refractivity contribution is -0.185. The molecule has 0 saturated carbocycles. The first-order valence-electron chi connectivity index (χ1n) is 5.86. The van der Waals surface area contributed by atoms with Crippen molar-refractivity contribution < 1.29 is 32.2 Å². The van der Waals surface area contributed by atoms with Crippen molar-refractivity contribution in [3.63, 3.8) is 0 Å². The highest BCUT2D eigenvalue weighted by Gasteiger charge is 2.46. The smallest absolute Gasteiger partial charge is 0.392 e. The van der Waals surface area contributed by atoms with Gasteiger partial charge in [0.05, 0.1) is 18.6 Å². The van der Waals surface area contributed by atoms with Crippen molar-refractivity contribution in [2.75, 3.05) is 6.61 Å². The molecule has 2 rings (SSSR count). The summed E-state index contributed by atoms with van der Waals surface area (Å²) >= 11 is 0. The maximum absolute atomic E-state index is 12.7. The van der Waals surface area contributed by atoms with E-state index in [0.717, 1.165) is 6.26 Å². The van der Waals surface area contributed by atoms with Crippen LogP contribution in [0.15, 0.2) is 10.7 Å². The topological polar surface area (TPSA) is 59.7 Å². The SMILES string of the molecule is CCOC(=O)c1coc2c1C(O)CC(C(F)(F)F)C2. The Labute approximate surface area is 107 Å². The third kappa shape index (κ3) is 2.60. The Hall–Kier alpha value is -1.50. The van der Waals surface area contributed by atoms with E-state index < -0.39 is 30.6 Å². The van der Waals surface area contributed by atoms with E-state index in [0.29, 0.717) is 0 Å². The van der Waals surface area contributed by atoms with Crippen LogP contribution in [0, 0.1) is 5.92 Å². The van der Waals surface area contributed by atoms with Crippen LogP contribution in [0.25, 0.3) is 0 Å². The second kappa shape index (κ2) is 4.88. The van der Waals surface area contributed by atoms with Gasteiger partial charge in [0.15, 0.2) is 0 Å². The highest BCUT2D eigenvalue weighted by Crippen LogP contribution is 2.43. The maximum Gasteiger partial charge on any atom is 0.392 e. The molecular weight excluding hydrogens is 265 g/mol. The van der Waals surface area contributed by atoms with Gasteiger partial charge in [-0.05, 0) is 13.3 Å². The number of rotatable bonds is 2. The number of hydrogen-bond acceptors (Lipinski definition) is 4. The molecule has 1 aromatic heterocycles. The second-order valence-corrected chi connectivity index (χ2v) is 4.40. The maximum atomic E-state index is 12.7. The predicted octanol–water partition coefficient (Wildman–Crippen LogP) is 2.61. The summed E-state index contributed by atoms with van der Waals surface area (Å²) in [6, 6.07) is 0. The largest absolute Gasteiger partial charge is 0.468 e. The van der Waals surface area contributed by atoms with Gasteiger partial charge in [-0.15, -0.1) is 0 Å². The second-order valence-electron chi connectivity index (χ2n) is 4.40. The van der Waals surface area contributed by atoms with Crippen molar-refractivity contribution in [2.45, 2.75) is 32.0 Å². The number of halogens is 3. The zero-order valence-corrected chi connectivity index (χ0v) is 10.2. The Bertz CT molecular complexity index is 478. The average Bonchev–Trinajstić information content (AvgIpc) is 2.72. The number of alkyl halides is 3. The quantitative estimate of drug-likeness (QED) is 0.845. The van der Waals surface area contributed by atoms with Crippen LogP contribution in [-0.2, 0) is 11.2 Å². The van der Waals surface area contributed by atoms with E-state index in [1.54, 1.807) is 6.92 Å². The zero-order chi connectivity index (χ0) is 14.2. The molecule has 7 heteroatoms. The number of carbonyl (C=O) groups excluding carboxylic acids is 1. The minimum atomic E-state index is -4.39. The molecule has 0 fully saturated rings. The monoisotopic (exact) mass is 278 g/mol. The average molecular weight is 278 g/mol. The summed E-state index contributed by atoms with van der Waals surface area (Å²) in [5.41, 5.74) is 0.129. The molecule has 19 heavy (non-hydrogen) atoms. The lowest BCUT2D eigenvalue weighted by Gasteiger charge is -2.27. The van der Waals surface area contributed by atoms with Crippen LogP contribution in [0.1, 0.15) is 41.1 Å². The fourth-order valence-corrected chi connectivity index (χ4v) is 2.24. The van der Waals surface area contributed by atoms with E-state index >= 15 is 0 Å². The van der Waals surface area contributed by atoms with Crippen LogP contribution in [0.5, 0.6) is 0 Å². The van der Waals surface area contributed by atoms with Gasteiger partial charge in [-0.3, -0.25) is 0 Å². The van der Waals surface area contributed by atoms with E-state index in [1.807, 2.05) is 0 Å². The molecule has 1 aliphatic carbocycles. The molecule has 1 heterocycles. The molecule has 2 unspecified atom stereocenters. The molecule has 4 nitrogen and oxygen atoms in total. The van der Waals surface area contributed by atoms with E-state index in [-0.39, 0.29) is 29.9 Å². The van der Waals surface area contributed by atoms with Gasteiger partial charge < -0.3 is 14.3 Å². The lowest BCUT2D eigenvalue weighted by Crippen LogP contribution is -2.31. The Balaban J connectivity index is 2.30. The zero-order valence-electron chi connectivity index (χ0n) is 10.2. The van der Waals surface area contributed by atoms with E-state index in [2.05, 4.69) is 0 Å². The Morgan fingerprint density at radius 2 is 2.26 bits per heavy atom. The summed E-state index contributed by atoms with van der Waals surface area (Å²) in [5.74, 6) is -2.35. The van der Waals surface area contributed by atoms with Crippen LogP contribution in [0.2, 0.25) is 0 Å². The summed E-state index contributed by atoms with van der Waals surface area (Å²) in [7, 11) is 0. The van der Waals surface area contributed by atoms with Gasteiger partial charge in [0.25, 0.3) is 0 Å². The van der Waals surface area contributed by atoms with Crippen LogP contribution in [0.3, 0.4) is 0 Å². The van der Waals surface area contributed by atoms with Gasteiger partial charge in [0, 0.05) is 12.0 Å². The van der Waals surface area contributed by atoms with Gasteiger partial charge in [0.1, 0.15) is 17.6 Å². The molecule has 2 atom stereocenters. The number of ether oxygens (including phenoxy) is 1. The van der Waals surface area contributed by atoms with Crippen molar-refractivity contribution in [1.82, 2.24) is 0 Å². The highest BCUT2D eigenvalue weighted by molar-refractivity contribution is 5.91. The molecule has 0 radical (unpaired) electrons. The number of esters is 1. The van der Waals surface area contributed by atoms with E-state index in [1.165, 1.54) is 0 Å². The van der Waals surface area contributed by atoms with Crippen molar-refractivity contribution in [3.8, 4) is 0 Å². The molecule has 0 aliphatic heterocycles. The molecule has 0 amide bonds. The number of aliphatic hydroxyl groups excluding tert-OH is 1. The minimum absolute atomic E-state index is 0.00382. The number of furan rings is 1. The standard InChI is InChI=1S/C12H13F3O4/c1-2-18-11(17)7-5-19-9-4-6(12(13,14)15)3-8(16)10(7)9/h5-6,8,16H,2-4H2,1H3. The Morgan fingerprint density at radius 1 is 1.58 bits per heavy atom.